The highest BCUT2D eigenvalue weighted by atomic mass is 79.9. The minimum Gasteiger partial charge on any atom is -0.493 e. The van der Waals surface area contributed by atoms with Gasteiger partial charge in [-0.05, 0) is 67.7 Å². The molecule has 2 amide bonds. The summed E-state index contributed by atoms with van der Waals surface area (Å²) in [7, 11) is 1.75. The molecule has 0 spiro atoms. The Bertz CT molecular complexity index is 1050. The number of hydrogen-bond donors (Lipinski definition) is 2. The van der Waals surface area contributed by atoms with Crippen molar-refractivity contribution in [2.24, 2.45) is 5.92 Å². The van der Waals surface area contributed by atoms with Crippen molar-refractivity contribution < 1.29 is 14.3 Å². The van der Waals surface area contributed by atoms with Gasteiger partial charge in [-0.25, -0.2) is 0 Å². The Hall–Kier alpha value is -2.45. The number of thiocarbonyl (C=S) groups is 1. The first-order valence-electron chi connectivity index (χ1n) is 12.2. The molecular weight excluding hydrogens is 526 g/mol. The van der Waals surface area contributed by atoms with Crippen LogP contribution in [0.5, 0.6) is 5.75 Å². The summed E-state index contributed by atoms with van der Waals surface area (Å²) in [6.07, 6.45) is 6.40. The average Bonchev–Trinajstić information content (AvgIpc) is 2.84. The number of nitrogens with one attached hydrogen (secondary N) is 2. The van der Waals surface area contributed by atoms with Crippen LogP contribution in [-0.2, 0) is 0 Å². The van der Waals surface area contributed by atoms with Crippen molar-refractivity contribution in [2.75, 3.05) is 18.6 Å². The topological polar surface area (TPSA) is 70.7 Å². The summed E-state index contributed by atoms with van der Waals surface area (Å²) in [5.41, 5.74) is 1.55. The van der Waals surface area contributed by atoms with Crippen molar-refractivity contribution >= 4 is 50.8 Å². The fourth-order valence-electron chi connectivity index (χ4n) is 4.04. The van der Waals surface area contributed by atoms with E-state index in [9.17, 15) is 9.59 Å². The molecule has 188 valence electrons. The molecule has 0 unspecified atom stereocenters. The van der Waals surface area contributed by atoms with Crippen LogP contribution in [0.3, 0.4) is 0 Å². The lowest BCUT2D eigenvalue weighted by Gasteiger charge is -2.26. The van der Waals surface area contributed by atoms with E-state index in [0.29, 0.717) is 35.1 Å². The Labute approximate surface area is 221 Å². The predicted octanol–water partition coefficient (Wildman–Crippen LogP) is 6.09. The van der Waals surface area contributed by atoms with E-state index in [1.54, 1.807) is 30.1 Å². The zero-order chi connectivity index (χ0) is 25.4. The Morgan fingerprint density at radius 2 is 1.80 bits per heavy atom. The molecule has 35 heavy (non-hydrogen) atoms. The van der Waals surface area contributed by atoms with Gasteiger partial charge in [0.2, 0.25) is 0 Å². The first-order chi connectivity index (χ1) is 16.8. The number of carbonyl (C=O) groups excluding carboxylic acids is 2. The molecule has 6 nitrogen and oxygen atoms in total. The number of carbonyl (C=O) groups is 2. The normalized spacial score (nSPS) is 13.9. The minimum atomic E-state index is -0.369. The lowest BCUT2D eigenvalue weighted by atomic mass is 9.95. The van der Waals surface area contributed by atoms with Crippen LogP contribution >= 0.6 is 28.1 Å². The Balaban J connectivity index is 1.71. The van der Waals surface area contributed by atoms with E-state index >= 15 is 0 Å². The second kappa shape index (κ2) is 13.0. The molecule has 2 aromatic carbocycles. The first-order valence-corrected chi connectivity index (χ1v) is 13.4. The molecule has 0 radical (unpaired) electrons. The highest BCUT2D eigenvalue weighted by Gasteiger charge is 2.22. The number of halogens is 1. The number of anilines is 1. The second-order valence-corrected chi connectivity index (χ2v) is 10.6. The summed E-state index contributed by atoms with van der Waals surface area (Å²) in [4.78, 5) is 27.8. The molecule has 0 aliphatic heterocycles. The van der Waals surface area contributed by atoms with Gasteiger partial charge in [0.1, 0.15) is 5.75 Å². The maximum absolute atomic E-state index is 13.1. The lowest BCUT2D eigenvalue weighted by molar-refractivity contribution is 0.0927. The van der Waals surface area contributed by atoms with E-state index < -0.39 is 0 Å². The number of benzene rings is 2. The zero-order valence-electron chi connectivity index (χ0n) is 20.6. The molecule has 2 aromatic rings. The summed E-state index contributed by atoms with van der Waals surface area (Å²) in [6, 6.07) is 12.8. The molecule has 0 aromatic heterocycles. The fourth-order valence-corrected chi connectivity index (χ4v) is 4.59. The van der Waals surface area contributed by atoms with Gasteiger partial charge in [0.15, 0.2) is 5.11 Å². The molecule has 0 saturated heterocycles. The van der Waals surface area contributed by atoms with Crippen molar-refractivity contribution in [3.05, 3.63) is 58.1 Å². The molecule has 1 saturated carbocycles. The number of rotatable bonds is 8. The predicted molar refractivity (Wildman–Crippen MR) is 148 cm³/mol. The van der Waals surface area contributed by atoms with Crippen LogP contribution < -0.4 is 20.3 Å². The van der Waals surface area contributed by atoms with Crippen molar-refractivity contribution in [3.63, 3.8) is 0 Å². The average molecular weight is 561 g/mol. The van der Waals surface area contributed by atoms with Crippen LogP contribution in [0.2, 0.25) is 0 Å². The van der Waals surface area contributed by atoms with Crippen molar-refractivity contribution in [2.45, 2.75) is 58.4 Å². The van der Waals surface area contributed by atoms with Gasteiger partial charge in [0.05, 0.1) is 23.4 Å². The van der Waals surface area contributed by atoms with Gasteiger partial charge < -0.3 is 15.0 Å². The first kappa shape index (κ1) is 27.1. The molecule has 8 heteroatoms. The molecule has 3 rings (SSSR count). The van der Waals surface area contributed by atoms with Crippen LogP contribution in [0, 0.1) is 5.92 Å². The Morgan fingerprint density at radius 1 is 1.09 bits per heavy atom. The number of hydrogen-bond acceptors (Lipinski definition) is 4. The van der Waals surface area contributed by atoms with E-state index in [0.717, 1.165) is 36.6 Å². The van der Waals surface area contributed by atoms with E-state index in [1.165, 1.54) is 6.42 Å². The number of ether oxygens (including phenoxy) is 1. The van der Waals surface area contributed by atoms with E-state index in [2.05, 4.69) is 40.4 Å². The van der Waals surface area contributed by atoms with Crippen LogP contribution in [0.15, 0.2) is 46.9 Å². The van der Waals surface area contributed by atoms with Crippen LogP contribution in [0.4, 0.5) is 5.69 Å². The third kappa shape index (κ3) is 7.77. The van der Waals surface area contributed by atoms with Gasteiger partial charge in [-0.2, -0.15) is 0 Å². The third-order valence-electron chi connectivity index (χ3n) is 6.11. The van der Waals surface area contributed by atoms with E-state index in [-0.39, 0.29) is 23.0 Å². The maximum Gasteiger partial charge on any atom is 0.261 e. The van der Waals surface area contributed by atoms with E-state index in [1.807, 2.05) is 24.3 Å². The van der Waals surface area contributed by atoms with Crippen LogP contribution in [-0.4, -0.2) is 36.6 Å². The monoisotopic (exact) mass is 559 g/mol. The highest BCUT2D eigenvalue weighted by molar-refractivity contribution is 9.10. The quantitative estimate of drug-likeness (QED) is 0.383. The third-order valence-corrected chi connectivity index (χ3v) is 6.98. The van der Waals surface area contributed by atoms with Crippen molar-refractivity contribution in [1.82, 2.24) is 10.6 Å². The number of nitrogens with zero attached hydrogens (tertiary/aromatic N) is 1. The van der Waals surface area contributed by atoms with Gasteiger partial charge in [-0.1, -0.05) is 61.2 Å². The molecule has 0 bridgehead atoms. The summed E-state index contributed by atoms with van der Waals surface area (Å²) < 4.78 is 6.65. The van der Waals surface area contributed by atoms with Gasteiger partial charge in [-0.3, -0.25) is 14.9 Å². The Morgan fingerprint density at radius 3 is 2.51 bits per heavy atom. The maximum atomic E-state index is 13.1. The Kier molecular flexibility index (Phi) is 10.1. The van der Waals surface area contributed by atoms with Crippen LogP contribution in [0.1, 0.15) is 73.1 Å². The summed E-state index contributed by atoms with van der Waals surface area (Å²) in [6.45, 7) is 4.77. The van der Waals surface area contributed by atoms with Gasteiger partial charge in [0, 0.05) is 17.6 Å². The largest absolute Gasteiger partial charge is 0.493 e. The summed E-state index contributed by atoms with van der Waals surface area (Å²) in [5.74, 6) is 0.511. The fraction of sp³-hybridized carbons (Fsp3) is 0.444. The highest BCUT2D eigenvalue weighted by Crippen LogP contribution is 2.25. The van der Waals surface area contributed by atoms with Gasteiger partial charge in [-0.15, -0.1) is 0 Å². The standard InChI is InChI=1S/C27H34BrN3O3S/c1-18(2)15-16-34-24-14-13-19(28)17-22(24)26(33)30-27(35)31(3)23-12-8-7-11-21(23)25(32)29-20-9-5-4-6-10-20/h7-8,11-14,17-18,20H,4-6,9-10,15-16H2,1-3H3,(H,29,32)(H,30,33,35). The molecule has 2 N–H and O–H groups in total. The molecule has 1 aliphatic carbocycles. The molecule has 0 atom stereocenters. The van der Waals surface area contributed by atoms with Crippen LogP contribution in [0.25, 0.3) is 0 Å². The number of amides is 2. The molecular formula is C27H34BrN3O3S. The minimum absolute atomic E-state index is 0.124. The lowest BCUT2D eigenvalue weighted by Crippen LogP contribution is -2.42. The van der Waals surface area contributed by atoms with Gasteiger partial charge >= 0.3 is 0 Å². The molecule has 1 aliphatic rings. The van der Waals surface area contributed by atoms with Crippen molar-refractivity contribution in [3.8, 4) is 5.75 Å². The van der Waals surface area contributed by atoms with E-state index in [4.69, 9.17) is 17.0 Å². The zero-order valence-corrected chi connectivity index (χ0v) is 23.0. The van der Waals surface area contributed by atoms with Gasteiger partial charge in [0.25, 0.3) is 11.8 Å². The van der Waals surface area contributed by atoms with Crippen molar-refractivity contribution in [1.29, 1.82) is 0 Å². The number of para-hydroxylation sites is 1. The SMILES string of the molecule is CC(C)CCOc1ccc(Br)cc1C(=O)NC(=S)N(C)c1ccccc1C(=O)NC1CCCCC1. The summed E-state index contributed by atoms with van der Waals surface area (Å²) >= 11 is 8.98. The smallest absolute Gasteiger partial charge is 0.261 e. The second-order valence-electron chi connectivity index (χ2n) is 9.32. The summed E-state index contributed by atoms with van der Waals surface area (Å²) in [5, 5.41) is 6.15. The molecule has 1 fully saturated rings. The molecule has 0 heterocycles.